The number of hydrogen-bond acceptors (Lipinski definition) is 5. The van der Waals surface area contributed by atoms with Crippen molar-refractivity contribution in [3.8, 4) is 0 Å². The van der Waals surface area contributed by atoms with Gasteiger partial charge in [0.15, 0.2) is 0 Å². The Morgan fingerprint density at radius 3 is 2.25 bits per heavy atom. The van der Waals surface area contributed by atoms with E-state index in [0.29, 0.717) is 31.2 Å². The molecule has 2 unspecified atom stereocenters. The van der Waals surface area contributed by atoms with E-state index in [1.807, 2.05) is 6.07 Å². The molecule has 1 aromatic rings. The molecule has 2 aliphatic carbocycles. The van der Waals surface area contributed by atoms with E-state index in [2.05, 4.69) is 10.0 Å². The topological polar surface area (TPSA) is 84.5 Å². The van der Waals surface area contributed by atoms with Gasteiger partial charge in [0.05, 0.1) is 29.5 Å². The van der Waals surface area contributed by atoms with Gasteiger partial charge in [-0.2, -0.15) is 13.2 Å². The molecule has 180 valence electrons. The standard InChI is InChI=1S/C22H31F3N2O4S/c1-20(2,3)32(29,30)27-21(12-26-13-22(23,24)25)17-7-8-18(21)11-16-9-15(19(28)31-4)6-5-14(16)10-17/h5-6,9,17-18,26-27H,7-8,10-13H2,1-4H3/t17?,18?,21-/m0/s1. The van der Waals surface area contributed by atoms with Crippen LogP contribution in [0, 0.1) is 11.8 Å². The van der Waals surface area contributed by atoms with E-state index >= 15 is 0 Å². The van der Waals surface area contributed by atoms with Crippen molar-refractivity contribution < 1.29 is 31.1 Å². The molecule has 3 rings (SSSR count). The molecule has 2 N–H and O–H groups in total. The second-order valence-corrected chi connectivity index (χ2v) is 12.3. The zero-order chi connectivity index (χ0) is 23.9. The third-order valence-electron chi connectivity index (χ3n) is 6.75. The molecule has 10 heteroatoms. The highest BCUT2D eigenvalue weighted by molar-refractivity contribution is 7.90. The maximum absolute atomic E-state index is 13.1. The first kappa shape index (κ1) is 25.0. The van der Waals surface area contributed by atoms with Crippen molar-refractivity contribution in [2.45, 2.75) is 62.9 Å². The Balaban J connectivity index is 2.00. The summed E-state index contributed by atoms with van der Waals surface area (Å²) in [5.41, 5.74) is 1.25. The minimum absolute atomic E-state index is 0.116. The monoisotopic (exact) mass is 476 g/mol. The maximum atomic E-state index is 13.1. The average Bonchev–Trinajstić information content (AvgIpc) is 2.88. The predicted molar refractivity (Wildman–Crippen MR) is 115 cm³/mol. The fourth-order valence-corrected chi connectivity index (χ4v) is 6.13. The summed E-state index contributed by atoms with van der Waals surface area (Å²) in [7, 11) is -2.52. The van der Waals surface area contributed by atoms with E-state index in [0.717, 1.165) is 11.1 Å². The summed E-state index contributed by atoms with van der Waals surface area (Å²) in [6.45, 7) is 3.41. The van der Waals surface area contributed by atoms with Crippen molar-refractivity contribution >= 4 is 16.0 Å². The fourth-order valence-electron chi connectivity index (χ4n) is 4.92. The number of nitrogens with one attached hydrogen (secondary N) is 2. The molecule has 32 heavy (non-hydrogen) atoms. The lowest BCUT2D eigenvalue weighted by molar-refractivity contribution is -0.125. The molecule has 3 atom stereocenters. The van der Waals surface area contributed by atoms with Gasteiger partial charge in [-0.1, -0.05) is 6.07 Å². The molecule has 2 aliphatic rings. The largest absolute Gasteiger partial charge is 0.465 e. The summed E-state index contributed by atoms with van der Waals surface area (Å²) in [5, 5.41) is 2.48. The van der Waals surface area contributed by atoms with Crippen molar-refractivity contribution in [1.82, 2.24) is 10.0 Å². The number of methoxy groups -OCH3 is 1. The lowest BCUT2D eigenvalue weighted by Crippen LogP contribution is -2.63. The first-order chi connectivity index (χ1) is 14.7. The normalized spacial score (nSPS) is 25.8. The quantitative estimate of drug-likeness (QED) is 0.616. The van der Waals surface area contributed by atoms with Crippen LogP contribution in [0.1, 0.15) is 55.1 Å². The van der Waals surface area contributed by atoms with Crippen molar-refractivity contribution in [2.75, 3.05) is 20.2 Å². The third kappa shape index (κ3) is 4.97. The van der Waals surface area contributed by atoms with Crippen LogP contribution in [0.5, 0.6) is 0 Å². The molecule has 1 saturated carbocycles. The summed E-state index contributed by atoms with van der Waals surface area (Å²) in [6, 6.07) is 5.27. The minimum atomic E-state index is -4.40. The van der Waals surface area contributed by atoms with E-state index in [9.17, 15) is 26.4 Å². The van der Waals surface area contributed by atoms with Gasteiger partial charge in [0.2, 0.25) is 10.0 Å². The van der Waals surface area contributed by atoms with Gasteiger partial charge in [0, 0.05) is 6.54 Å². The molecule has 2 bridgehead atoms. The molecule has 0 aliphatic heterocycles. The lowest BCUT2D eigenvalue weighted by Gasteiger charge is -2.42. The van der Waals surface area contributed by atoms with Crippen LogP contribution in [0.3, 0.4) is 0 Å². The van der Waals surface area contributed by atoms with Crippen LogP contribution in [0.4, 0.5) is 13.2 Å². The SMILES string of the molecule is COC(=O)c1ccc2c(c1)CC1CCC(C2)[C@]1(CNCC(F)(F)F)NS(=O)(=O)C(C)(C)C. The van der Waals surface area contributed by atoms with Crippen molar-refractivity contribution in [2.24, 2.45) is 11.8 Å². The van der Waals surface area contributed by atoms with Gasteiger partial charge in [0.1, 0.15) is 0 Å². The van der Waals surface area contributed by atoms with Gasteiger partial charge in [-0.25, -0.2) is 17.9 Å². The van der Waals surface area contributed by atoms with E-state index in [-0.39, 0.29) is 18.4 Å². The Morgan fingerprint density at radius 2 is 1.72 bits per heavy atom. The number of carbonyl (C=O) groups is 1. The number of hydrogen-bond donors (Lipinski definition) is 2. The van der Waals surface area contributed by atoms with Crippen molar-refractivity contribution in [1.29, 1.82) is 0 Å². The van der Waals surface area contributed by atoms with E-state index in [4.69, 9.17) is 4.74 Å². The molecule has 1 fully saturated rings. The van der Waals surface area contributed by atoms with Crippen LogP contribution in [-0.2, 0) is 27.6 Å². The van der Waals surface area contributed by atoms with Crippen LogP contribution >= 0.6 is 0 Å². The predicted octanol–water partition coefficient (Wildman–Crippen LogP) is 3.21. The Bertz CT molecular complexity index is 972. The van der Waals surface area contributed by atoms with Crippen LogP contribution < -0.4 is 10.0 Å². The van der Waals surface area contributed by atoms with Gasteiger partial charge >= 0.3 is 12.1 Å². The Hall–Kier alpha value is -1.65. The fraction of sp³-hybridized carbons (Fsp3) is 0.682. The van der Waals surface area contributed by atoms with Crippen LogP contribution in [0.15, 0.2) is 18.2 Å². The molecule has 0 spiro atoms. The molecule has 0 saturated heterocycles. The van der Waals surface area contributed by atoms with Gasteiger partial charge in [-0.15, -0.1) is 0 Å². The molecule has 0 amide bonds. The maximum Gasteiger partial charge on any atom is 0.401 e. The smallest absolute Gasteiger partial charge is 0.401 e. The number of sulfonamides is 1. The van der Waals surface area contributed by atoms with Crippen LogP contribution in [-0.4, -0.2) is 51.0 Å². The highest BCUT2D eigenvalue weighted by atomic mass is 32.2. The number of ether oxygens (including phenoxy) is 1. The van der Waals surface area contributed by atoms with Gasteiger partial charge < -0.3 is 10.1 Å². The molecular formula is C22H31F3N2O4S. The number of alkyl halides is 3. The van der Waals surface area contributed by atoms with E-state index < -0.39 is 39.0 Å². The van der Waals surface area contributed by atoms with Crippen molar-refractivity contribution in [3.05, 3.63) is 34.9 Å². The average molecular weight is 477 g/mol. The second kappa shape index (κ2) is 8.61. The summed E-state index contributed by atoms with van der Waals surface area (Å²) in [6.07, 6.45) is -2.01. The highest BCUT2D eigenvalue weighted by Crippen LogP contribution is 2.48. The number of esters is 1. The summed E-state index contributed by atoms with van der Waals surface area (Å²) in [5.74, 6) is -0.844. The second-order valence-electron chi connectivity index (χ2n) is 9.83. The van der Waals surface area contributed by atoms with Gasteiger partial charge in [-0.05, 0) is 81.5 Å². The molecule has 0 radical (unpaired) electrons. The highest BCUT2D eigenvalue weighted by Gasteiger charge is 2.54. The summed E-state index contributed by atoms with van der Waals surface area (Å²) < 4.78 is 71.5. The van der Waals surface area contributed by atoms with E-state index in [1.54, 1.807) is 32.9 Å². The molecule has 1 aromatic carbocycles. The first-order valence-electron chi connectivity index (χ1n) is 10.7. The number of carbonyl (C=O) groups excluding carboxylic acids is 1. The van der Waals surface area contributed by atoms with E-state index in [1.165, 1.54) is 7.11 Å². The first-order valence-corrected chi connectivity index (χ1v) is 12.2. The lowest BCUT2D eigenvalue weighted by atomic mass is 9.79. The Kier molecular flexibility index (Phi) is 6.72. The third-order valence-corrected chi connectivity index (χ3v) is 9.02. The number of rotatable bonds is 6. The Morgan fingerprint density at radius 1 is 1.12 bits per heavy atom. The van der Waals surface area contributed by atoms with Crippen LogP contribution in [0.2, 0.25) is 0 Å². The number of benzene rings is 1. The van der Waals surface area contributed by atoms with Crippen LogP contribution in [0.25, 0.3) is 0 Å². The summed E-state index contributed by atoms with van der Waals surface area (Å²) >= 11 is 0. The zero-order valence-corrected chi connectivity index (χ0v) is 19.6. The zero-order valence-electron chi connectivity index (χ0n) is 18.8. The molecular weight excluding hydrogens is 445 g/mol. The van der Waals surface area contributed by atoms with Gasteiger partial charge in [0.25, 0.3) is 0 Å². The van der Waals surface area contributed by atoms with Gasteiger partial charge in [-0.3, -0.25) is 0 Å². The molecule has 6 nitrogen and oxygen atoms in total. The van der Waals surface area contributed by atoms with Crippen molar-refractivity contribution in [3.63, 3.8) is 0 Å². The summed E-state index contributed by atoms with van der Waals surface area (Å²) in [4.78, 5) is 12.0. The number of fused-ring (bicyclic) bond motifs is 3. The number of halogens is 3. The Labute approximate surface area is 187 Å². The minimum Gasteiger partial charge on any atom is -0.465 e. The molecule has 0 aromatic heterocycles. The molecule has 0 heterocycles.